The van der Waals surface area contributed by atoms with Gasteiger partial charge in [-0.25, -0.2) is 4.98 Å². The second kappa shape index (κ2) is 10.8. The predicted octanol–water partition coefficient (Wildman–Crippen LogP) is 5.61. The smallest absolute Gasteiger partial charge is 0.300 e. The number of rotatable bonds is 5. The van der Waals surface area contributed by atoms with Gasteiger partial charge in [0.05, 0.1) is 16.7 Å². The lowest BCUT2D eigenvalue weighted by Crippen LogP contribution is -2.12. The molecule has 8 heteroatoms. The standard InChI is InChI=1S/C26H23ClN4O.C2H4O2/c1-16-7-12-20-21(15-16)29-24(26(32)30-20)23-19-5-2-3-6-22(19)31(14-4-13-28)25(23)17-8-10-18(27)11-9-17;1-2(3)4/h2-3,5-12,15H,4,13-14,28H2,1H3,(H,30,32);1H3,(H,3,4). The van der Waals surface area contributed by atoms with E-state index in [4.69, 9.17) is 32.2 Å². The zero-order chi connectivity index (χ0) is 25.8. The van der Waals surface area contributed by atoms with Crippen LogP contribution in [0.4, 0.5) is 0 Å². The fourth-order valence-corrected chi connectivity index (χ4v) is 4.42. The van der Waals surface area contributed by atoms with E-state index in [-0.39, 0.29) is 5.56 Å². The van der Waals surface area contributed by atoms with E-state index in [0.717, 1.165) is 64.2 Å². The summed E-state index contributed by atoms with van der Waals surface area (Å²) in [6.45, 7) is 4.42. The van der Waals surface area contributed by atoms with Crippen LogP contribution in [-0.4, -0.2) is 32.2 Å². The number of aromatic amines is 1. The normalized spacial score (nSPS) is 10.9. The number of aryl methyl sites for hydroxylation is 2. The molecule has 4 N–H and O–H groups in total. The van der Waals surface area contributed by atoms with Gasteiger partial charge in [-0.2, -0.15) is 0 Å². The van der Waals surface area contributed by atoms with E-state index in [1.165, 1.54) is 0 Å². The molecule has 0 bridgehead atoms. The summed E-state index contributed by atoms with van der Waals surface area (Å²) >= 11 is 6.17. The number of nitrogens with zero attached hydrogens (tertiary/aromatic N) is 2. The lowest BCUT2D eigenvalue weighted by atomic mass is 10.0. The minimum absolute atomic E-state index is 0.210. The molecule has 0 aliphatic heterocycles. The summed E-state index contributed by atoms with van der Waals surface area (Å²) in [5.74, 6) is -0.833. The average Bonchev–Trinajstić information content (AvgIpc) is 3.16. The second-order valence-electron chi connectivity index (χ2n) is 8.50. The quantitative estimate of drug-likeness (QED) is 0.289. The van der Waals surface area contributed by atoms with Gasteiger partial charge in [0, 0.05) is 35.0 Å². The number of nitrogens with two attached hydrogens (primary N) is 1. The molecule has 0 aliphatic rings. The van der Waals surface area contributed by atoms with Crippen molar-refractivity contribution in [2.75, 3.05) is 6.54 Å². The maximum atomic E-state index is 13.3. The minimum Gasteiger partial charge on any atom is -0.481 e. The van der Waals surface area contributed by atoms with Crippen LogP contribution in [0.3, 0.4) is 0 Å². The van der Waals surface area contributed by atoms with Crippen molar-refractivity contribution in [2.24, 2.45) is 5.73 Å². The maximum absolute atomic E-state index is 13.3. The van der Waals surface area contributed by atoms with Gasteiger partial charge in [0.2, 0.25) is 0 Å². The summed E-state index contributed by atoms with van der Waals surface area (Å²) < 4.78 is 2.24. The van der Waals surface area contributed by atoms with Crippen LogP contribution in [0.5, 0.6) is 0 Å². The topological polar surface area (TPSA) is 114 Å². The number of para-hydroxylation sites is 1. The van der Waals surface area contributed by atoms with Crippen LogP contribution in [0.1, 0.15) is 18.9 Å². The lowest BCUT2D eigenvalue weighted by Gasteiger charge is -2.13. The first kappa shape index (κ1) is 25.2. The molecule has 5 aromatic rings. The predicted molar refractivity (Wildman–Crippen MR) is 145 cm³/mol. The molecule has 2 aromatic heterocycles. The Morgan fingerprint density at radius 2 is 1.81 bits per heavy atom. The van der Waals surface area contributed by atoms with Crippen molar-refractivity contribution in [1.29, 1.82) is 0 Å². The number of hydrogen-bond acceptors (Lipinski definition) is 4. The molecule has 2 heterocycles. The number of H-pyrrole nitrogens is 1. The third kappa shape index (κ3) is 5.17. The van der Waals surface area contributed by atoms with E-state index < -0.39 is 5.97 Å². The number of aromatic nitrogens is 3. The van der Waals surface area contributed by atoms with Crippen molar-refractivity contribution < 1.29 is 9.90 Å². The van der Waals surface area contributed by atoms with E-state index in [9.17, 15) is 4.79 Å². The molecular weight excluding hydrogens is 476 g/mol. The number of nitrogens with one attached hydrogen (secondary N) is 1. The van der Waals surface area contributed by atoms with Crippen molar-refractivity contribution in [3.63, 3.8) is 0 Å². The number of fused-ring (bicyclic) bond motifs is 2. The van der Waals surface area contributed by atoms with Crippen molar-refractivity contribution in [1.82, 2.24) is 14.5 Å². The van der Waals surface area contributed by atoms with Crippen LogP contribution >= 0.6 is 11.6 Å². The van der Waals surface area contributed by atoms with Crippen LogP contribution < -0.4 is 11.3 Å². The van der Waals surface area contributed by atoms with Crippen LogP contribution in [-0.2, 0) is 11.3 Å². The summed E-state index contributed by atoms with van der Waals surface area (Å²) in [7, 11) is 0. The van der Waals surface area contributed by atoms with Gasteiger partial charge in [-0.15, -0.1) is 0 Å². The Balaban J connectivity index is 0.000000709. The molecule has 3 aromatic carbocycles. The Morgan fingerprint density at radius 1 is 1.11 bits per heavy atom. The molecule has 0 radical (unpaired) electrons. The molecule has 36 heavy (non-hydrogen) atoms. The monoisotopic (exact) mass is 502 g/mol. The molecule has 184 valence electrons. The average molecular weight is 503 g/mol. The Morgan fingerprint density at radius 3 is 2.50 bits per heavy atom. The highest BCUT2D eigenvalue weighted by atomic mass is 35.5. The largest absolute Gasteiger partial charge is 0.481 e. The van der Waals surface area contributed by atoms with Gasteiger partial charge in [0.15, 0.2) is 0 Å². The molecule has 0 saturated carbocycles. The number of carboxylic acids is 1. The van der Waals surface area contributed by atoms with E-state index in [0.29, 0.717) is 17.3 Å². The van der Waals surface area contributed by atoms with Crippen LogP contribution in [0.15, 0.2) is 71.5 Å². The van der Waals surface area contributed by atoms with Crippen molar-refractivity contribution >= 4 is 39.5 Å². The van der Waals surface area contributed by atoms with Gasteiger partial charge in [0.1, 0.15) is 5.69 Å². The van der Waals surface area contributed by atoms with Crippen LogP contribution in [0.25, 0.3) is 44.5 Å². The van der Waals surface area contributed by atoms with Crippen LogP contribution in [0.2, 0.25) is 5.02 Å². The molecule has 7 nitrogen and oxygen atoms in total. The molecule has 0 saturated heterocycles. The fourth-order valence-electron chi connectivity index (χ4n) is 4.29. The molecule has 0 amide bonds. The molecule has 0 aliphatic carbocycles. The van der Waals surface area contributed by atoms with Gasteiger partial charge >= 0.3 is 0 Å². The van der Waals surface area contributed by atoms with Gasteiger partial charge in [-0.1, -0.05) is 48.0 Å². The first-order chi connectivity index (χ1) is 17.3. The van der Waals surface area contributed by atoms with E-state index in [2.05, 4.69) is 15.6 Å². The van der Waals surface area contributed by atoms with Gasteiger partial charge in [0.25, 0.3) is 11.5 Å². The maximum Gasteiger partial charge on any atom is 0.300 e. The van der Waals surface area contributed by atoms with E-state index in [1.807, 2.05) is 67.6 Å². The third-order valence-electron chi connectivity index (χ3n) is 5.76. The fraction of sp³-hybridized carbons (Fsp3) is 0.179. The van der Waals surface area contributed by atoms with Crippen LogP contribution in [0, 0.1) is 6.92 Å². The Bertz CT molecular complexity index is 1600. The first-order valence-corrected chi connectivity index (χ1v) is 12.0. The number of benzene rings is 3. The second-order valence-corrected chi connectivity index (χ2v) is 8.93. The highest BCUT2D eigenvalue weighted by Crippen LogP contribution is 2.40. The highest BCUT2D eigenvalue weighted by molar-refractivity contribution is 6.30. The van der Waals surface area contributed by atoms with E-state index in [1.54, 1.807) is 0 Å². The number of carboxylic acid groups (broad SMARTS) is 1. The lowest BCUT2D eigenvalue weighted by molar-refractivity contribution is -0.134. The highest BCUT2D eigenvalue weighted by Gasteiger charge is 2.23. The summed E-state index contributed by atoms with van der Waals surface area (Å²) in [5, 5.41) is 9.07. The molecule has 0 atom stereocenters. The zero-order valence-electron chi connectivity index (χ0n) is 20.1. The first-order valence-electron chi connectivity index (χ1n) is 11.6. The summed E-state index contributed by atoms with van der Waals surface area (Å²) in [4.78, 5) is 30.1. The number of hydrogen-bond donors (Lipinski definition) is 3. The van der Waals surface area contributed by atoms with Gasteiger partial charge in [-0.05, 0) is 61.3 Å². The van der Waals surface area contributed by atoms with Gasteiger partial charge in [-0.3, -0.25) is 9.59 Å². The van der Waals surface area contributed by atoms with Crippen molar-refractivity contribution in [3.8, 4) is 22.5 Å². The number of carbonyl (C=O) groups is 1. The van der Waals surface area contributed by atoms with Crippen molar-refractivity contribution in [2.45, 2.75) is 26.8 Å². The molecule has 0 fully saturated rings. The SMILES string of the molecule is CC(=O)O.Cc1ccc2[nH]c(=O)c(-c3c(-c4ccc(Cl)cc4)n(CCCN)c4ccccc34)nc2c1. The van der Waals surface area contributed by atoms with Crippen molar-refractivity contribution in [3.05, 3.63) is 87.7 Å². The Hall–Kier alpha value is -3.94. The Labute approximate surface area is 213 Å². The summed E-state index contributed by atoms with van der Waals surface area (Å²) in [6, 6.07) is 21.7. The summed E-state index contributed by atoms with van der Waals surface area (Å²) in [6.07, 6.45) is 0.819. The number of aliphatic carboxylic acids is 1. The molecule has 5 rings (SSSR count). The molecule has 0 unspecified atom stereocenters. The Kier molecular flexibility index (Phi) is 7.52. The van der Waals surface area contributed by atoms with E-state index >= 15 is 0 Å². The third-order valence-corrected chi connectivity index (χ3v) is 6.01. The van der Waals surface area contributed by atoms with Gasteiger partial charge < -0.3 is 20.4 Å². The minimum atomic E-state index is -0.833. The zero-order valence-corrected chi connectivity index (χ0v) is 20.8. The molecule has 0 spiro atoms. The summed E-state index contributed by atoms with van der Waals surface area (Å²) in [5.41, 5.74) is 12.4. The number of halogens is 1. The molecular formula is C28H27ClN4O3.